The third kappa shape index (κ3) is 2.10. The normalized spacial score (nSPS) is 21.4. The van der Waals surface area contributed by atoms with Crippen LogP contribution in [0, 0.1) is 5.41 Å². The summed E-state index contributed by atoms with van der Waals surface area (Å²) in [5.74, 6) is 1.03. The molecule has 3 heteroatoms. The van der Waals surface area contributed by atoms with Crippen LogP contribution < -0.4 is 5.32 Å². The summed E-state index contributed by atoms with van der Waals surface area (Å²) in [5, 5.41) is 3.48. The van der Waals surface area contributed by atoms with Gasteiger partial charge in [-0.3, -0.25) is 0 Å². The highest BCUT2D eigenvalue weighted by Gasteiger charge is 2.35. The Labute approximate surface area is 79.0 Å². The van der Waals surface area contributed by atoms with Gasteiger partial charge in [0, 0.05) is 18.4 Å². The van der Waals surface area contributed by atoms with E-state index in [1.807, 2.05) is 6.20 Å². The van der Waals surface area contributed by atoms with E-state index >= 15 is 0 Å². The van der Waals surface area contributed by atoms with Crippen LogP contribution in [0.5, 0.6) is 0 Å². The minimum Gasteiger partial charge on any atom is -0.348 e. The lowest BCUT2D eigenvalue weighted by molar-refractivity contribution is 0.125. The van der Waals surface area contributed by atoms with Crippen molar-refractivity contribution in [1.29, 1.82) is 0 Å². The van der Waals surface area contributed by atoms with Crippen molar-refractivity contribution in [3.05, 3.63) is 18.2 Å². The summed E-state index contributed by atoms with van der Waals surface area (Å²) in [6.45, 7) is 5.50. The molecular weight excluding hydrogens is 162 g/mol. The predicted molar refractivity (Wildman–Crippen MR) is 52.2 cm³/mol. The number of hydrogen-bond donors (Lipinski definition) is 2. The van der Waals surface area contributed by atoms with Crippen molar-refractivity contribution >= 4 is 0 Å². The molecule has 0 aliphatic heterocycles. The standard InChI is InChI=1S/C10H17N3/c1-10(2)5-8(6-10)13-7-9-11-3-4-12-9/h3-4,8,13H,5-7H2,1-2H3,(H,11,12). The number of aromatic nitrogens is 2. The molecule has 0 spiro atoms. The fourth-order valence-corrected chi connectivity index (χ4v) is 2.05. The minimum absolute atomic E-state index is 0.556. The Morgan fingerprint density at radius 3 is 2.92 bits per heavy atom. The average Bonchev–Trinajstić information content (AvgIpc) is 2.48. The van der Waals surface area contributed by atoms with Crippen molar-refractivity contribution in [2.24, 2.45) is 5.41 Å². The molecule has 2 rings (SSSR count). The fraction of sp³-hybridized carbons (Fsp3) is 0.700. The summed E-state index contributed by atoms with van der Waals surface area (Å²) in [7, 11) is 0. The molecule has 2 N–H and O–H groups in total. The Bertz CT molecular complexity index is 256. The maximum atomic E-state index is 4.16. The first-order valence-electron chi connectivity index (χ1n) is 4.87. The largest absolute Gasteiger partial charge is 0.348 e. The second kappa shape index (κ2) is 3.14. The van der Waals surface area contributed by atoms with Gasteiger partial charge in [0.05, 0.1) is 6.54 Å². The maximum absolute atomic E-state index is 4.16. The molecule has 0 unspecified atom stereocenters. The van der Waals surface area contributed by atoms with Crippen LogP contribution in [0.3, 0.4) is 0 Å². The van der Waals surface area contributed by atoms with Crippen molar-refractivity contribution in [2.45, 2.75) is 39.3 Å². The topological polar surface area (TPSA) is 40.7 Å². The summed E-state index contributed by atoms with van der Waals surface area (Å²) in [6.07, 6.45) is 6.23. The minimum atomic E-state index is 0.556. The van der Waals surface area contributed by atoms with Gasteiger partial charge in [-0.05, 0) is 18.3 Å². The lowest BCUT2D eigenvalue weighted by Crippen LogP contribution is -2.45. The van der Waals surface area contributed by atoms with E-state index in [9.17, 15) is 0 Å². The third-order valence-corrected chi connectivity index (χ3v) is 2.71. The van der Waals surface area contributed by atoms with Gasteiger partial charge in [0.25, 0.3) is 0 Å². The fourth-order valence-electron chi connectivity index (χ4n) is 2.05. The molecule has 0 saturated heterocycles. The number of H-pyrrole nitrogens is 1. The van der Waals surface area contributed by atoms with Crippen molar-refractivity contribution in [3.8, 4) is 0 Å². The Kier molecular flexibility index (Phi) is 2.12. The summed E-state index contributed by atoms with van der Waals surface area (Å²) >= 11 is 0. The lowest BCUT2D eigenvalue weighted by Gasteiger charge is -2.43. The number of aromatic amines is 1. The first-order valence-corrected chi connectivity index (χ1v) is 4.87. The molecule has 1 fully saturated rings. The van der Waals surface area contributed by atoms with Gasteiger partial charge >= 0.3 is 0 Å². The van der Waals surface area contributed by atoms with Gasteiger partial charge in [-0.25, -0.2) is 4.98 Å². The van der Waals surface area contributed by atoms with Gasteiger partial charge in [0.15, 0.2) is 0 Å². The molecule has 3 nitrogen and oxygen atoms in total. The van der Waals surface area contributed by atoms with E-state index in [0.717, 1.165) is 12.4 Å². The predicted octanol–water partition coefficient (Wildman–Crippen LogP) is 1.69. The van der Waals surface area contributed by atoms with E-state index in [1.54, 1.807) is 6.20 Å². The quantitative estimate of drug-likeness (QED) is 0.741. The second-order valence-electron chi connectivity index (χ2n) is 4.69. The zero-order valence-corrected chi connectivity index (χ0v) is 8.30. The molecule has 0 aromatic carbocycles. The maximum Gasteiger partial charge on any atom is 0.120 e. The van der Waals surface area contributed by atoms with Gasteiger partial charge in [-0.15, -0.1) is 0 Å². The van der Waals surface area contributed by atoms with Crippen LogP contribution in [0.15, 0.2) is 12.4 Å². The second-order valence-corrected chi connectivity index (χ2v) is 4.69. The summed E-state index contributed by atoms with van der Waals surface area (Å²) in [6, 6.07) is 0.695. The van der Waals surface area contributed by atoms with Crippen molar-refractivity contribution in [1.82, 2.24) is 15.3 Å². The van der Waals surface area contributed by atoms with Crippen LogP contribution in [-0.4, -0.2) is 16.0 Å². The number of nitrogens with zero attached hydrogens (tertiary/aromatic N) is 1. The van der Waals surface area contributed by atoms with Crippen LogP contribution in [-0.2, 0) is 6.54 Å². The Morgan fingerprint density at radius 2 is 2.38 bits per heavy atom. The molecule has 13 heavy (non-hydrogen) atoms. The average molecular weight is 179 g/mol. The molecule has 1 aromatic heterocycles. The van der Waals surface area contributed by atoms with Crippen LogP contribution >= 0.6 is 0 Å². The molecule has 1 heterocycles. The monoisotopic (exact) mass is 179 g/mol. The number of imidazole rings is 1. The number of hydrogen-bond acceptors (Lipinski definition) is 2. The van der Waals surface area contributed by atoms with Crippen LogP contribution in [0.4, 0.5) is 0 Å². The van der Waals surface area contributed by atoms with E-state index < -0.39 is 0 Å². The number of nitrogens with one attached hydrogen (secondary N) is 2. The molecule has 0 radical (unpaired) electrons. The number of rotatable bonds is 3. The first kappa shape index (κ1) is 8.75. The van der Waals surface area contributed by atoms with Crippen molar-refractivity contribution in [3.63, 3.8) is 0 Å². The highest BCUT2D eigenvalue weighted by Crippen LogP contribution is 2.39. The van der Waals surface area contributed by atoms with Gasteiger partial charge in [-0.2, -0.15) is 0 Å². The lowest BCUT2D eigenvalue weighted by atomic mass is 9.68. The smallest absolute Gasteiger partial charge is 0.120 e. The van der Waals surface area contributed by atoms with Crippen molar-refractivity contribution in [2.75, 3.05) is 0 Å². The first-order chi connectivity index (χ1) is 6.16. The van der Waals surface area contributed by atoms with Gasteiger partial charge < -0.3 is 10.3 Å². The van der Waals surface area contributed by atoms with Crippen LogP contribution in [0.2, 0.25) is 0 Å². The van der Waals surface area contributed by atoms with E-state index in [0.29, 0.717) is 11.5 Å². The van der Waals surface area contributed by atoms with Gasteiger partial charge in [0.2, 0.25) is 0 Å². The molecule has 1 aliphatic carbocycles. The van der Waals surface area contributed by atoms with E-state index in [4.69, 9.17) is 0 Å². The summed E-state index contributed by atoms with van der Waals surface area (Å²) in [5.41, 5.74) is 0.556. The van der Waals surface area contributed by atoms with Gasteiger partial charge in [-0.1, -0.05) is 13.8 Å². The van der Waals surface area contributed by atoms with Crippen LogP contribution in [0.1, 0.15) is 32.5 Å². The van der Waals surface area contributed by atoms with E-state index in [2.05, 4.69) is 29.1 Å². The molecule has 0 bridgehead atoms. The Hall–Kier alpha value is -0.830. The van der Waals surface area contributed by atoms with E-state index in [-0.39, 0.29) is 0 Å². The molecule has 1 aromatic rings. The van der Waals surface area contributed by atoms with Crippen molar-refractivity contribution < 1.29 is 0 Å². The molecule has 0 amide bonds. The SMILES string of the molecule is CC1(C)CC(NCc2ncc[nH]2)C1. The Balaban J connectivity index is 1.71. The molecule has 1 saturated carbocycles. The summed E-state index contributed by atoms with van der Waals surface area (Å²) < 4.78 is 0. The van der Waals surface area contributed by atoms with E-state index in [1.165, 1.54) is 12.8 Å². The molecule has 72 valence electrons. The molecule has 0 atom stereocenters. The van der Waals surface area contributed by atoms with Crippen LogP contribution in [0.25, 0.3) is 0 Å². The highest BCUT2D eigenvalue weighted by molar-refractivity contribution is 4.94. The van der Waals surface area contributed by atoms with Gasteiger partial charge in [0.1, 0.15) is 5.82 Å². The summed E-state index contributed by atoms with van der Waals surface area (Å²) in [4.78, 5) is 7.25. The molecule has 1 aliphatic rings. The zero-order chi connectivity index (χ0) is 9.31. The third-order valence-electron chi connectivity index (χ3n) is 2.71. The molecular formula is C10H17N3. The zero-order valence-electron chi connectivity index (χ0n) is 8.30. The highest BCUT2D eigenvalue weighted by atomic mass is 15.0. The Morgan fingerprint density at radius 1 is 1.62 bits per heavy atom.